The third-order valence-corrected chi connectivity index (χ3v) is 10.1. The molecule has 7 N–H and O–H groups in total. The van der Waals surface area contributed by atoms with E-state index in [0.717, 1.165) is 15.7 Å². The fourth-order valence-corrected chi connectivity index (χ4v) is 7.82. The second kappa shape index (κ2) is 11.2. The number of nitrogens with two attached hydrogens (primary N) is 2. The minimum Gasteiger partial charge on any atom is -0.382 e. The summed E-state index contributed by atoms with van der Waals surface area (Å²) in [6, 6.07) is 0. The van der Waals surface area contributed by atoms with Gasteiger partial charge in [-0.25, -0.2) is 18.7 Å². The van der Waals surface area contributed by atoms with E-state index in [0.29, 0.717) is 0 Å². The first kappa shape index (κ1) is 30.8. The molecule has 10 atom stereocenters. The van der Waals surface area contributed by atoms with E-state index in [1.54, 1.807) is 0 Å². The summed E-state index contributed by atoms with van der Waals surface area (Å²) < 4.78 is 67.0. The SMILES string of the molecule is Nc1nc2c(nnn2[C@@H]2O[C@@H]3COP(O)(=S)O[C@H]4[C@H](F)[C@H](n5nnc6c(N)ncnc65)O[C@@H]4COP(O)(=S)O[C@@H]2[C@H]3F)c(=O)[nH]1. The van der Waals surface area contributed by atoms with Crippen LogP contribution >= 0.6 is 13.4 Å². The average molecular weight is 713 g/mol. The highest BCUT2D eigenvalue weighted by Crippen LogP contribution is 2.54. The van der Waals surface area contributed by atoms with Gasteiger partial charge < -0.3 is 39.8 Å². The van der Waals surface area contributed by atoms with E-state index in [9.17, 15) is 14.6 Å². The predicted molar refractivity (Wildman–Crippen MR) is 150 cm³/mol. The number of rotatable bonds is 2. The lowest BCUT2D eigenvalue weighted by Gasteiger charge is -2.27. The van der Waals surface area contributed by atoms with Crippen molar-refractivity contribution in [3.63, 3.8) is 0 Å². The number of fused-ring (bicyclic) bond motifs is 5. The van der Waals surface area contributed by atoms with Crippen LogP contribution in [0.5, 0.6) is 0 Å². The van der Waals surface area contributed by atoms with E-state index in [2.05, 4.69) is 40.6 Å². The van der Waals surface area contributed by atoms with E-state index < -0.39 is 81.4 Å². The zero-order valence-electron chi connectivity index (χ0n) is 22.0. The summed E-state index contributed by atoms with van der Waals surface area (Å²) in [5.41, 5.74) is 10.3. The highest BCUT2D eigenvalue weighted by atomic mass is 32.5. The Morgan fingerprint density at radius 3 is 2.24 bits per heavy atom. The first-order valence-electron chi connectivity index (χ1n) is 12.6. The number of nitrogen functional groups attached to an aromatic ring is 2. The molecule has 0 amide bonds. The van der Waals surface area contributed by atoms with Gasteiger partial charge in [-0.05, 0) is 23.6 Å². The van der Waals surface area contributed by atoms with Crippen LogP contribution in [0, 0.1) is 0 Å². The predicted octanol–water partition coefficient (Wildman–Crippen LogP) is -1.36. The molecule has 7 heterocycles. The van der Waals surface area contributed by atoms with Crippen molar-refractivity contribution in [2.45, 2.75) is 49.2 Å². The number of aromatic nitrogens is 10. The fraction of sp³-hybridized carbons (Fsp3) is 0.556. The molecule has 3 aliphatic heterocycles. The standard InChI is InChI=1S/C18H20F2N12O9P2S2/c19-6-4-1-36-42(34,44)40-10-5(39-16(7(10)20)31-13-8(27-29-31)12(21)23-3-24-13)2-37-43(35,45)41-11(6)17(38-4)32-14-9(28-30-32)15(33)26-18(22)25-14/h3-7,10-11,16-17H,1-2H2,(H,34,44)(H,35,45)(H2,21,23,24)(H3,22,25,26,33)/t4-,5-,6+,7+,10-,11-,16-,17-,42?,43?/m1/s1. The van der Waals surface area contributed by atoms with Gasteiger partial charge in [0.1, 0.15) is 30.7 Å². The fourth-order valence-electron chi connectivity index (χ4n) is 4.98. The molecular weight excluding hydrogens is 692 g/mol. The number of hydrogen-bond acceptors (Lipinski definition) is 18. The molecule has 45 heavy (non-hydrogen) atoms. The lowest BCUT2D eigenvalue weighted by atomic mass is 10.1. The molecule has 3 saturated heterocycles. The third kappa shape index (κ3) is 5.51. The molecule has 0 aliphatic carbocycles. The number of halogens is 2. The molecule has 3 aliphatic rings. The van der Waals surface area contributed by atoms with Crippen molar-refractivity contribution in [3.05, 3.63) is 16.7 Å². The molecule has 242 valence electrons. The largest absolute Gasteiger partial charge is 0.382 e. The summed E-state index contributed by atoms with van der Waals surface area (Å²) in [6.45, 7) is -10.2. The Labute approximate surface area is 257 Å². The summed E-state index contributed by atoms with van der Waals surface area (Å²) >= 11 is 10.2. The number of nitrogens with one attached hydrogen (secondary N) is 1. The van der Waals surface area contributed by atoms with Gasteiger partial charge in [0.15, 0.2) is 52.9 Å². The van der Waals surface area contributed by atoms with Gasteiger partial charge in [-0.3, -0.25) is 18.8 Å². The zero-order valence-corrected chi connectivity index (χ0v) is 25.4. The Balaban J connectivity index is 1.21. The highest BCUT2D eigenvalue weighted by Gasteiger charge is 2.54. The second-order valence-electron chi connectivity index (χ2n) is 9.81. The van der Waals surface area contributed by atoms with Crippen molar-refractivity contribution >= 4 is 71.1 Å². The molecule has 4 aromatic heterocycles. The molecule has 0 spiro atoms. The van der Waals surface area contributed by atoms with Crippen LogP contribution in [-0.2, 0) is 51.2 Å². The third-order valence-electron chi connectivity index (χ3n) is 6.97. The molecule has 4 aromatic rings. The lowest BCUT2D eigenvalue weighted by Crippen LogP contribution is -2.34. The molecule has 0 radical (unpaired) electrons. The minimum absolute atomic E-state index is 0.0211. The van der Waals surface area contributed by atoms with Crippen LogP contribution in [0.4, 0.5) is 20.5 Å². The van der Waals surface area contributed by atoms with Gasteiger partial charge in [-0.1, -0.05) is 10.4 Å². The zero-order chi connectivity index (χ0) is 31.8. The van der Waals surface area contributed by atoms with Gasteiger partial charge in [-0.2, -0.15) is 14.3 Å². The van der Waals surface area contributed by atoms with Crippen molar-refractivity contribution in [1.82, 2.24) is 49.9 Å². The first-order valence-corrected chi connectivity index (χ1v) is 17.8. The number of anilines is 2. The Kier molecular flexibility index (Phi) is 7.65. The smallest absolute Gasteiger partial charge is 0.325 e. The Hall–Kier alpha value is -2.80. The number of nitrogens with zero attached hydrogens (tertiary/aromatic N) is 9. The van der Waals surface area contributed by atoms with Crippen LogP contribution in [0.15, 0.2) is 11.1 Å². The van der Waals surface area contributed by atoms with E-state index in [1.165, 1.54) is 0 Å². The second-order valence-corrected chi connectivity index (χ2v) is 15.4. The summed E-state index contributed by atoms with van der Waals surface area (Å²) in [5, 5.41) is 15.2. The van der Waals surface area contributed by atoms with Gasteiger partial charge in [0, 0.05) is 0 Å². The van der Waals surface area contributed by atoms with Crippen molar-refractivity contribution in [2.75, 3.05) is 24.7 Å². The Bertz CT molecular complexity index is 1950. The van der Waals surface area contributed by atoms with E-state index in [-0.39, 0.29) is 34.1 Å². The van der Waals surface area contributed by atoms with Crippen molar-refractivity contribution < 1.29 is 46.1 Å². The molecule has 0 saturated carbocycles. The number of H-pyrrole nitrogens is 1. The van der Waals surface area contributed by atoms with Crippen LogP contribution in [-0.4, -0.2) is 110 Å². The molecule has 21 nitrogen and oxygen atoms in total. The molecular formula is C18H20F2N12O9P2S2. The summed E-state index contributed by atoms with van der Waals surface area (Å²) in [7, 11) is 0. The number of alkyl halides is 2. The molecule has 3 fully saturated rings. The van der Waals surface area contributed by atoms with E-state index >= 15 is 8.78 Å². The van der Waals surface area contributed by atoms with E-state index in [4.69, 9.17) is 62.6 Å². The van der Waals surface area contributed by atoms with Crippen molar-refractivity contribution in [3.8, 4) is 0 Å². The quantitative estimate of drug-likeness (QED) is 0.150. The number of aromatic amines is 1. The maximum absolute atomic E-state index is 16.0. The van der Waals surface area contributed by atoms with Crippen molar-refractivity contribution in [2.24, 2.45) is 0 Å². The van der Waals surface area contributed by atoms with Crippen LogP contribution in [0.1, 0.15) is 12.5 Å². The first-order chi connectivity index (χ1) is 21.3. The highest BCUT2D eigenvalue weighted by molar-refractivity contribution is 8.07. The molecule has 0 aromatic carbocycles. The summed E-state index contributed by atoms with van der Waals surface area (Å²) in [4.78, 5) is 48.1. The molecule has 27 heteroatoms. The lowest BCUT2D eigenvalue weighted by molar-refractivity contribution is -0.0652. The van der Waals surface area contributed by atoms with E-state index in [1.807, 2.05) is 0 Å². The number of hydrogen-bond donors (Lipinski definition) is 5. The van der Waals surface area contributed by atoms with Gasteiger partial charge in [0.2, 0.25) is 5.95 Å². The van der Waals surface area contributed by atoms with Gasteiger partial charge in [0.05, 0.1) is 13.2 Å². The average Bonchev–Trinajstić information content (AvgIpc) is 3.72. The maximum atomic E-state index is 16.0. The monoisotopic (exact) mass is 712 g/mol. The Morgan fingerprint density at radius 1 is 0.889 bits per heavy atom. The van der Waals surface area contributed by atoms with Crippen LogP contribution in [0.3, 0.4) is 0 Å². The summed E-state index contributed by atoms with van der Waals surface area (Å²) in [6.07, 6.45) is -12.6. The molecule has 2 bridgehead atoms. The normalized spacial score (nSPS) is 37.7. The molecule has 2 unspecified atom stereocenters. The Morgan fingerprint density at radius 2 is 1.51 bits per heavy atom. The van der Waals surface area contributed by atoms with Crippen molar-refractivity contribution in [1.29, 1.82) is 0 Å². The van der Waals surface area contributed by atoms with Crippen LogP contribution in [0.2, 0.25) is 0 Å². The van der Waals surface area contributed by atoms with Crippen LogP contribution < -0.4 is 17.0 Å². The summed E-state index contributed by atoms with van der Waals surface area (Å²) in [5.74, 6) is -0.324. The van der Waals surface area contributed by atoms with Gasteiger partial charge in [-0.15, -0.1) is 10.2 Å². The molecule has 7 rings (SSSR count). The minimum atomic E-state index is -4.39. The van der Waals surface area contributed by atoms with Gasteiger partial charge >= 0.3 is 13.4 Å². The van der Waals surface area contributed by atoms with Gasteiger partial charge in [0.25, 0.3) is 5.56 Å². The topological polar surface area (TPSA) is 281 Å². The maximum Gasteiger partial charge on any atom is 0.325 e. The number of ether oxygens (including phenoxy) is 2. The van der Waals surface area contributed by atoms with Crippen LogP contribution in [0.25, 0.3) is 22.3 Å².